The number of piperidine rings is 1. The molecular weight excluding hydrogens is 276 g/mol. The summed E-state index contributed by atoms with van der Waals surface area (Å²) in [6, 6.07) is 0. The van der Waals surface area contributed by atoms with E-state index in [1.807, 2.05) is 0 Å². The molecule has 0 bridgehead atoms. The first-order chi connectivity index (χ1) is 9.09. The van der Waals surface area contributed by atoms with Crippen LogP contribution in [0.4, 0.5) is 0 Å². The molecule has 2 aliphatic rings. The second-order valence-electron chi connectivity index (χ2n) is 6.45. The second kappa shape index (κ2) is 8.20. The maximum Gasteiger partial charge on any atom is 0.220 e. The van der Waals surface area contributed by atoms with Gasteiger partial charge in [-0.15, -0.1) is 12.4 Å². The molecule has 1 amide bonds. The molecule has 118 valence electrons. The van der Waals surface area contributed by atoms with E-state index >= 15 is 0 Å². The van der Waals surface area contributed by atoms with Gasteiger partial charge in [-0.25, -0.2) is 0 Å². The van der Waals surface area contributed by atoms with Crippen molar-refractivity contribution in [3.8, 4) is 0 Å². The number of carbonyl (C=O) groups is 1. The van der Waals surface area contributed by atoms with Crippen molar-refractivity contribution in [2.45, 2.75) is 51.6 Å². The molecule has 2 saturated heterocycles. The first-order valence-corrected chi connectivity index (χ1v) is 7.70. The molecule has 2 unspecified atom stereocenters. The lowest BCUT2D eigenvalue weighted by atomic mass is 9.84. The standard InChI is InChI=1S/C15H28N2O2.ClH/c1-12(13-4-7-16-8-5-13)10-14(18)17-11-15(2)6-3-9-19-15;/h12-13,16H,3-11H2,1-2H3,(H,17,18);1H. The van der Waals surface area contributed by atoms with Crippen LogP contribution in [-0.2, 0) is 9.53 Å². The molecule has 0 aromatic carbocycles. The summed E-state index contributed by atoms with van der Waals surface area (Å²) in [4.78, 5) is 12.0. The summed E-state index contributed by atoms with van der Waals surface area (Å²) in [6.07, 6.45) is 5.22. The number of hydrogen-bond donors (Lipinski definition) is 2. The van der Waals surface area contributed by atoms with E-state index in [-0.39, 0.29) is 23.9 Å². The number of halogens is 1. The number of amides is 1. The van der Waals surface area contributed by atoms with Crippen LogP contribution in [0.2, 0.25) is 0 Å². The summed E-state index contributed by atoms with van der Waals surface area (Å²) >= 11 is 0. The van der Waals surface area contributed by atoms with Crippen molar-refractivity contribution < 1.29 is 9.53 Å². The topological polar surface area (TPSA) is 50.4 Å². The highest BCUT2D eigenvalue weighted by molar-refractivity contribution is 5.85. The molecule has 0 saturated carbocycles. The summed E-state index contributed by atoms with van der Waals surface area (Å²) in [5.74, 6) is 1.37. The van der Waals surface area contributed by atoms with Crippen molar-refractivity contribution in [1.29, 1.82) is 0 Å². The molecule has 2 fully saturated rings. The monoisotopic (exact) mass is 304 g/mol. The molecule has 0 aromatic heterocycles. The molecule has 2 heterocycles. The molecule has 4 nitrogen and oxygen atoms in total. The SMILES string of the molecule is CC(CC(=O)NCC1(C)CCCO1)C1CCNCC1.Cl. The van der Waals surface area contributed by atoms with Gasteiger partial charge < -0.3 is 15.4 Å². The zero-order chi connectivity index (χ0) is 13.7. The average molecular weight is 305 g/mol. The summed E-state index contributed by atoms with van der Waals surface area (Å²) in [5.41, 5.74) is -0.131. The van der Waals surface area contributed by atoms with E-state index in [9.17, 15) is 4.79 Å². The predicted molar refractivity (Wildman–Crippen MR) is 83.2 cm³/mol. The molecule has 2 rings (SSSR count). The Morgan fingerprint density at radius 2 is 2.15 bits per heavy atom. The number of ether oxygens (including phenoxy) is 1. The number of nitrogens with one attached hydrogen (secondary N) is 2. The maximum atomic E-state index is 12.0. The Balaban J connectivity index is 0.00000200. The first-order valence-electron chi connectivity index (χ1n) is 7.70. The van der Waals surface area contributed by atoms with Gasteiger partial charge in [-0.1, -0.05) is 6.92 Å². The number of carbonyl (C=O) groups excluding carboxylic acids is 1. The zero-order valence-electron chi connectivity index (χ0n) is 12.7. The first kappa shape index (κ1) is 17.7. The summed E-state index contributed by atoms with van der Waals surface area (Å²) in [7, 11) is 0. The molecule has 0 spiro atoms. The van der Waals surface area contributed by atoms with E-state index in [2.05, 4.69) is 24.5 Å². The zero-order valence-corrected chi connectivity index (χ0v) is 13.6. The lowest BCUT2D eigenvalue weighted by molar-refractivity contribution is -0.123. The molecule has 2 N–H and O–H groups in total. The van der Waals surface area contributed by atoms with E-state index in [1.165, 1.54) is 12.8 Å². The van der Waals surface area contributed by atoms with Gasteiger partial charge in [0, 0.05) is 19.6 Å². The third-order valence-electron chi connectivity index (χ3n) is 4.66. The average Bonchev–Trinajstić information content (AvgIpc) is 2.85. The molecule has 2 atom stereocenters. The predicted octanol–water partition coefficient (Wildman–Crippen LogP) is 2.12. The Labute approximate surface area is 128 Å². The Morgan fingerprint density at radius 3 is 2.75 bits per heavy atom. The Hall–Kier alpha value is -0.320. The van der Waals surface area contributed by atoms with E-state index in [0.29, 0.717) is 24.8 Å². The molecular formula is C15H29ClN2O2. The van der Waals surface area contributed by atoms with Gasteiger partial charge in [-0.3, -0.25) is 4.79 Å². The van der Waals surface area contributed by atoms with Crippen LogP contribution >= 0.6 is 12.4 Å². The molecule has 0 aliphatic carbocycles. The number of hydrogen-bond acceptors (Lipinski definition) is 3. The fourth-order valence-electron chi connectivity index (χ4n) is 3.21. The summed E-state index contributed by atoms with van der Waals surface area (Å²) in [6.45, 7) is 7.99. The van der Waals surface area contributed by atoms with Crippen molar-refractivity contribution in [1.82, 2.24) is 10.6 Å². The van der Waals surface area contributed by atoms with Crippen LogP contribution in [0, 0.1) is 11.8 Å². The van der Waals surface area contributed by atoms with E-state index in [4.69, 9.17) is 4.74 Å². The van der Waals surface area contributed by atoms with Crippen LogP contribution in [0.15, 0.2) is 0 Å². The van der Waals surface area contributed by atoms with Gasteiger partial charge in [0.2, 0.25) is 5.91 Å². The van der Waals surface area contributed by atoms with Crippen LogP contribution in [0.3, 0.4) is 0 Å². The molecule has 20 heavy (non-hydrogen) atoms. The lowest BCUT2D eigenvalue weighted by Gasteiger charge is -2.28. The Morgan fingerprint density at radius 1 is 1.45 bits per heavy atom. The third-order valence-corrected chi connectivity index (χ3v) is 4.66. The van der Waals surface area contributed by atoms with E-state index in [0.717, 1.165) is 32.5 Å². The highest BCUT2D eigenvalue weighted by Gasteiger charge is 2.30. The van der Waals surface area contributed by atoms with Crippen LogP contribution in [0.25, 0.3) is 0 Å². The fourth-order valence-corrected chi connectivity index (χ4v) is 3.21. The smallest absolute Gasteiger partial charge is 0.220 e. The number of rotatable bonds is 5. The molecule has 2 aliphatic heterocycles. The van der Waals surface area contributed by atoms with Crippen LogP contribution in [-0.4, -0.2) is 37.7 Å². The van der Waals surface area contributed by atoms with E-state index < -0.39 is 0 Å². The minimum atomic E-state index is -0.131. The van der Waals surface area contributed by atoms with Gasteiger partial charge in [0.05, 0.1) is 5.60 Å². The molecule has 0 aromatic rings. The lowest BCUT2D eigenvalue weighted by Crippen LogP contribution is -2.41. The van der Waals surface area contributed by atoms with Crippen LogP contribution < -0.4 is 10.6 Å². The van der Waals surface area contributed by atoms with Crippen molar-refractivity contribution in [3.05, 3.63) is 0 Å². The van der Waals surface area contributed by atoms with Gasteiger partial charge in [0.15, 0.2) is 0 Å². The van der Waals surface area contributed by atoms with Crippen molar-refractivity contribution in [2.24, 2.45) is 11.8 Å². The Kier molecular flexibility index (Phi) is 7.27. The van der Waals surface area contributed by atoms with Crippen LogP contribution in [0.5, 0.6) is 0 Å². The molecule has 5 heteroatoms. The molecule has 0 radical (unpaired) electrons. The van der Waals surface area contributed by atoms with Gasteiger partial charge in [-0.05, 0) is 57.5 Å². The minimum Gasteiger partial charge on any atom is -0.373 e. The largest absolute Gasteiger partial charge is 0.373 e. The normalized spacial score (nSPS) is 28.7. The fraction of sp³-hybridized carbons (Fsp3) is 0.933. The Bertz CT molecular complexity index is 300. The maximum absolute atomic E-state index is 12.0. The minimum absolute atomic E-state index is 0. The third kappa shape index (κ3) is 5.23. The highest BCUT2D eigenvalue weighted by atomic mass is 35.5. The van der Waals surface area contributed by atoms with Crippen molar-refractivity contribution in [2.75, 3.05) is 26.2 Å². The van der Waals surface area contributed by atoms with Gasteiger partial charge in [0.25, 0.3) is 0 Å². The summed E-state index contributed by atoms with van der Waals surface area (Å²) in [5, 5.41) is 6.43. The van der Waals surface area contributed by atoms with Crippen LogP contribution in [0.1, 0.15) is 46.0 Å². The van der Waals surface area contributed by atoms with Gasteiger partial charge >= 0.3 is 0 Å². The second-order valence-corrected chi connectivity index (χ2v) is 6.45. The quantitative estimate of drug-likeness (QED) is 0.818. The van der Waals surface area contributed by atoms with Gasteiger partial charge in [0.1, 0.15) is 0 Å². The van der Waals surface area contributed by atoms with E-state index in [1.54, 1.807) is 0 Å². The summed E-state index contributed by atoms with van der Waals surface area (Å²) < 4.78 is 5.69. The van der Waals surface area contributed by atoms with Crippen molar-refractivity contribution >= 4 is 18.3 Å². The highest BCUT2D eigenvalue weighted by Crippen LogP contribution is 2.25. The van der Waals surface area contributed by atoms with Crippen molar-refractivity contribution in [3.63, 3.8) is 0 Å². The van der Waals surface area contributed by atoms with Gasteiger partial charge in [-0.2, -0.15) is 0 Å².